The van der Waals surface area contributed by atoms with Crippen molar-refractivity contribution in [3.8, 4) is 0 Å². The Kier molecular flexibility index (Phi) is 3.18. The average Bonchev–Trinajstić information content (AvgIpc) is 0.811. The first-order valence-corrected chi connectivity index (χ1v) is 10.6. The smallest absolute Gasteiger partial charge is 0.161 e. The predicted molar refractivity (Wildman–Crippen MR) is 31.9 cm³/mol. The summed E-state index contributed by atoms with van der Waals surface area (Å²) in [6, 6.07) is 0. The minimum Gasteiger partial charge on any atom is -0.161 e. The van der Waals surface area contributed by atoms with Gasteiger partial charge in [0.1, 0.15) is 0 Å². The molecule has 0 N–H and O–H groups in total. The Bertz CT molecular complexity index is 10.8. The molecule has 0 saturated carbocycles. The van der Waals surface area contributed by atoms with Gasteiger partial charge in [-0.3, -0.25) is 0 Å². The molecule has 0 aliphatic rings. The quantitative estimate of drug-likeness (QED) is 0.351. The lowest BCUT2D eigenvalue weighted by Crippen LogP contribution is -1.84. The van der Waals surface area contributed by atoms with E-state index in [1.54, 1.807) is 0 Å². The van der Waals surface area contributed by atoms with Crippen molar-refractivity contribution in [1.82, 2.24) is 0 Å². The second-order valence-corrected chi connectivity index (χ2v) is 20.0. The minimum atomic E-state index is -0.715. The molecule has 0 amide bonds. The molecule has 1 unspecified atom stereocenters. The zero-order valence-electron chi connectivity index (χ0n) is 2.33. The predicted octanol–water partition coefficient (Wildman–Crippen LogP) is -0.297. The van der Waals surface area contributed by atoms with Gasteiger partial charge in [-0.15, -0.1) is 15.3 Å². The van der Waals surface area contributed by atoms with Crippen LogP contribution in [-0.2, 0) is 0 Å². The monoisotopic (exact) mass is 174 g/mol. The fourth-order valence-corrected chi connectivity index (χ4v) is 0. The largest absolute Gasteiger partial charge is 0.190 e. The average molecular weight is 176 g/mol. The lowest BCUT2D eigenvalue weighted by atomic mass is 27.0. The first kappa shape index (κ1) is 5.20. The maximum atomic E-state index is 5.39. The van der Waals surface area contributed by atoms with Crippen LogP contribution in [0.3, 0.4) is 0 Å². The van der Waals surface area contributed by atoms with Crippen molar-refractivity contribution in [2.75, 3.05) is 0 Å². The lowest BCUT2D eigenvalue weighted by molar-refractivity contribution is 4.25. The highest BCUT2D eigenvalue weighted by Crippen LogP contribution is 1.88. The molecule has 0 bridgehead atoms. The van der Waals surface area contributed by atoms with Crippen molar-refractivity contribution < 1.29 is 0 Å². The van der Waals surface area contributed by atoms with Crippen LogP contribution in [0.15, 0.2) is 0 Å². The van der Waals surface area contributed by atoms with Crippen molar-refractivity contribution in [3.05, 3.63) is 0 Å². The van der Waals surface area contributed by atoms with E-state index in [4.69, 9.17) is 11.1 Å². The van der Waals surface area contributed by atoms with E-state index in [9.17, 15) is 0 Å². The molecule has 0 aromatic rings. The third kappa shape index (κ3) is 10.7. The number of rotatable bonds is 0. The normalized spacial score (nSPS) is 16.5. The summed E-state index contributed by atoms with van der Waals surface area (Å²) in [4.78, 5) is 0. The highest BCUT2D eigenvalue weighted by Gasteiger charge is 1.79. The third-order valence-corrected chi connectivity index (χ3v) is 0. The SMILES string of the molecule is [SiH3][SiH](Cl)Br. The van der Waals surface area contributed by atoms with Crippen LogP contribution < -0.4 is 0 Å². The van der Waals surface area contributed by atoms with Crippen LogP contribution in [0.2, 0.25) is 0 Å². The molecule has 0 rings (SSSR count). The summed E-state index contributed by atoms with van der Waals surface area (Å²) < 4.78 is 0. The molecule has 4 heteroatoms. The summed E-state index contributed by atoms with van der Waals surface area (Å²) in [5.74, 6) is 0. The first-order valence-electron chi connectivity index (χ1n) is 1.01. The van der Waals surface area contributed by atoms with Crippen LogP contribution >= 0.6 is 26.4 Å². The van der Waals surface area contributed by atoms with Gasteiger partial charge in [0.2, 0.25) is 0 Å². The molecule has 0 spiro atoms. The molecular formula is H4BrClSi2. The van der Waals surface area contributed by atoms with E-state index in [2.05, 4.69) is 15.3 Å². The van der Waals surface area contributed by atoms with Gasteiger partial charge in [-0.1, -0.05) is 0 Å². The molecule has 0 aliphatic heterocycles. The van der Waals surface area contributed by atoms with Gasteiger partial charge < -0.3 is 0 Å². The summed E-state index contributed by atoms with van der Waals surface area (Å²) in [5.41, 5.74) is 0. The van der Waals surface area contributed by atoms with E-state index in [1.165, 1.54) is 9.76 Å². The van der Waals surface area contributed by atoms with Crippen molar-refractivity contribution >= 4 is 42.4 Å². The van der Waals surface area contributed by atoms with Crippen molar-refractivity contribution in [1.29, 1.82) is 0 Å². The topological polar surface area (TPSA) is 0 Å². The highest BCUT2D eigenvalue weighted by molar-refractivity contribution is 9.27. The summed E-state index contributed by atoms with van der Waals surface area (Å²) in [5, 5.41) is 0. The van der Waals surface area contributed by atoms with Gasteiger partial charge in [-0.2, -0.15) is 11.1 Å². The Morgan fingerprint density at radius 3 is 2.00 bits per heavy atom. The zero-order valence-corrected chi connectivity index (χ0v) is 7.83. The fraction of sp³-hybridized carbons (Fsp3) is 0. The van der Waals surface area contributed by atoms with E-state index >= 15 is 0 Å². The fourth-order valence-electron chi connectivity index (χ4n) is 0. The van der Waals surface area contributed by atoms with Gasteiger partial charge in [0.15, 0.2) is 6.24 Å². The molecule has 0 fully saturated rings. The standard InChI is InChI=1S/BrClH4Si2/c1-4(2)3/h4H,3H3. The van der Waals surface area contributed by atoms with Crippen molar-refractivity contribution in [2.24, 2.45) is 0 Å². The third-order valence-electron chi connectivity index (χ3n) is 0. The van der Waals surface area contributed by atoms with E-state index in [-0.39, 0.29) is 0 Å². The molecule has 0 aromatic heterocycles. The number of hydrogen-bond donors (Lipinski definition) is 0. The Morgan fingerprint density at radius 2 is 2.00 bits per heavy atom. The van der Waals surface area contributed by atoms with Crippen LogP contribution in [0.1, 0.15) is 0 Å². The molecule has 26 valence electrons. The molecule has 0 heterocycles. The summed E-state index contributed by atoms with van der Waals surface area (Å²) in [6.45, 7) is 0. The molecular weight excluding hydrogens is 172 g/mol. The van der Waals surface area contributed by atoms with Crippen molar-refractivity contribution in [2.45, 2.75) is 0 Å². The highest BCUT2D eigenvalue weighted by atomic mass is 79.9. The maximum Gasteiger partial charge on any atom is 0.190 e. The molecule has 1 atom stereocenters. The minimum absolute atomic E-state index is 0.715. The van der Waals surface area contributed by atoms with Gasteiger partial charge >= 0.3 is 0 Å². The molecule has 0 saturated heterocycles. The Hall–Kier alpha value is 1.20. The van der Waals surface area contributed by atoms with E-state index in [1.807, 2.05) is 0 Å². The number of hydrogen-bond acceptors (Lipinski definition) is 0. The van der Waals surface area contributed by atoms with Crippen LogP contribution in [-0.4, -0.2) is 16.0 Å². The van der Waals surface area contributed by atoms with Gasteiger partial charge in [0.05, 0.1) is 0 Å². The summed E-state index contributed by atoms with van der Waals surface area (Å²) in [7, 11) is 1.17. The van der Waals surface area contributed by atoms with Crippen LogP contribution in [0.5, 0.6) is 0 Å². The van der Waals surface area contributed by atoms with E-state index in [0.717, 1.165) is 0 Å². The van der Waals surface area contributed by atoms with Crippen molar-refractivity contribution in [3.63, 3.8) is 0 Å². The van der Waals surface area contributed by atoms with Gasteiger partial charge in [-0.25, -0.2) is 0 Å². The molecule has 0 radical (unpaired) electrons. The summed E-state index contributed by atoms with van der Waals surface area (Å²) >= 11 is 8.63. The second kappa shape index (κ2) is 2.44. The Labute approximate surface area is 42.6 Å². The van der Waals surface area contributed by atoms with E-state index < -0.39 is 6.24 Å². The van der Waals surface area contributed by atoms with Gasteiger partial charge in [0, 0.05) is 9.76 Å². The zero-order chi connectivity index (χ0) is 3.58. The van der Waals surface area contributed by atoms with Gasteiger partial charge in [0.25, 0.3) is 0 Å². The lowest BCUT2D eigenvalue weighted by Gasteiger charge is -1.68. The molecule has 4 heavy (non-hydrogen) atoms. The van der Waals surface area contributed by atoms with Crippen LogP contribution in [0, 0.1) is 0 Å². The Morgan fingerprint density at radius 1 is 2.00 bits per heavy atom. The molecule has 0 aliphatic carbocycles. The molecule has 0 aromatic carbocycles. The van der Waals surface area contributed by atoms with Crippen LogP contribution in [0.25, 0.3) is 0 Å². The first-order chi connectivity index (χ1) is 1.73. The second-order valence-electron chi connectivity index (χ2n) is 0.519. The maximum absolute atomic E-state index is 5.39. The Balaban J connectivity index is 2.32. The van der Waals surface area contributed by atoms with E-state index in [0.29, 0.717) is 0 Å². The number of halogens is 2. The molecule has 0 nitrogen and oxygen atoms in total. The van der Waals surface area contributed by atoms with Gasteiger partial charge in [-0.05, 0) is 0 Å². The summed E-state index contributed by atoms with van der Waals surface area (Å²) in [6.07, 6.45) is -0.715. The van der Waals surface area contributed by atoms with Crippen LogP contribution in [0.4, 0.5) is 0 Å².